The van der Waals surface area contributed by atoms with Crippen LogP contribution in [0.1, 0.15) is 27.7 Å². The average Bonchev–Trinajstić information content (AvgIpc) is 2.73. The molecule has 18 heavy (non-hydrogen) atoms. The second-order valence-electron chi connectivity index (χ2n) is 5.13. The third kappa shape index (κ3) is 3.81. The maximum absolute atomic E-state index is 11.6. The van der Waals surface area contributed by atoms with E-state index < -0.39 is 0 Å². The van der Waals surface area contributed by atoms with E-state index >= 15 is 0 Å². The lowest BCUT2D eigenvalue weighted by Gasteiger charge is -2.19. The van der Waals surface area contributed by atoms with Gasteiger partial charge in [-0.2, -0.15) is 5.10 Å². The zero-order valence-corrected chi connectivity index (χ0v) is 11.3. The van der Waals surface area contributed by atoms with Gasteiger partial charge in [0, 0.05) is 6.20 Å². The second kappa shape index (κ2) is 5.58. The first-order valence-electron chi connectivity index (χ1n) is 5.87. The lowest BCUT2D eigenvalue weighted by atomic mass is 10.1. The number of rotatable bonds is 4. The smallest absolute Gasteiger partial charge is 0.242 e. The topological polar surface area (TPSA) is 59.0 Å². The van der Waals surface area contributed by atoms with E-state index in [2.05, 4.69) is 42.4 Å². The number of nitrogens with zero attached hydrogens (tertiary/aromatic N) is 2. The van der Waals surface area contributed by atoms with Crippen molar-refractivity contribution in [1.29, 1.82) is 0 Å². The number of carbonyl (C=O) groups excluding carboxylic acids is 1. The highest BCUT2D eigenvalue weighted by Gasteiger charge is 2.16. The monoisotopic (exact) mass is 248 g/mol. The van der Waals surface area contributed by atoms with E-state index in [1.807, 2.05) is 10.9 Å². The van der Waals surface area contributed by atoms with Crippen LogP contribution in [0.5, 0.6) is 0 Å². The summed E-state index contributed by atoms with van der Waals surface area (Å²) in [7, 11) is 0. The number of aromatic nitrogens is 2. The molecule has 1 heterocycles. The average molecular weight is 248 g/mol. The van der Waals surface area contributed by atoms with E-state index in [9.17, 15) is 4.79 Å². The van der Waals surface area contributed by atoms with Gasteiger partial charge in [0.25, 0.3) is 0 Å². The number of nitrogens with one attached hydrogen (secondary N) is 2. The zero-order valence-electron chi connectivity index (χ0n) is 11.3. The summed E-state index contributed by atoms with van der Waals surface area (Å²) in [5.74, 6) is 2.24. The van der Waals surface area contributed by atoms with Crippen molar-refractivity contribution in [3.05, 3.63) is 12.4 Å². The van der Waals surface area contributed by atoms with E-state index in [0.29, 0.717) is 0 Å². The molecule has 98 valence electrons. The summed E-state index contributed by atoms with van der Waals surface area (Å²) in [6.07, 6.45) is 8.67. The van der Waals surface area contributed by atoms with Crippen LogP contribution in [0, 0.1) is 12.3 Å². The minimum Gasteiger partial charge on any atom is -0.371 e. The van der Waals surface area contributed by atoms with Gasteiger partial charge in [0.05, 0.1) is 24.0 Å². The molecule has 0 radical (unpaired) electrons. The van der Waals surface area contributed by atoms with Crippen LogP contribution in [0.4, 0.5) is 5.69 Å². The van der Waals surface area contributed by atoms with Gasteiger partial charge in [0.2, 0.25) is 5.91 Å². The van der Waals surface area contributed by atoms with Crippen molar-refractivity contribution >= 4 is 11.6 Å². The van der Waals surface area contributed by atoms with Gasteiger partial charge in [0.15, 0.2) is 0 Å². The maximum atomic E-state index is 11.6. The fraction of sp³-hybridized carbons (Fsp3) is 0.538. The molecule has 0 aliphatic carbocycles. The van der Waals surface area contributed by atoms with Crippen LogP contribution in [-0.4, -0.2) is 28.3 Å². The molecule has 1 amide bonds. The summed E-state index contributed by atoms with van der Waals surface area (Å²) in [4.78, 5) is 11.6. The van der Waals surface area contributed by atoms with Gasteiger partial charge in [-0.25, -0.2) is 0 Å². The van der Waals surface area contributed by atoms with Crippen LogP contribution in [0.25, 0.3) is 0 Å². The maximum Gasteiger partial charge on any atom is 0.242 e. The highest BCUT2D eigenvalue weighted by Crippen LogP contribution is 2.16. The van der Waals surface area contributed by atoms with Crippen molar-refractivity contribution in [3.63, 3.8) is 0 Å². The molecular formula is C13H20N4O. The van der Waals surface area contributed by atoms with E-state index in [1.165, 1.54) is 0 Å². The van der Waals surface area contributed by atoms with Crippen molar-refractivity contribution in [1.82, 2.24) is 15.1 Å². The largest absolute Gasteiger partial charge is 0.371 e. The van der Waals surface area contributed by atoms with E-state index in [-0.39, 0.29) is 24.0 Å². The van der Waals surface area contributed by atoms with Crippen LogP contribution >= 0.6 is 0 Å². The number of carbonyl (C=O) groups is 1. The number of anilines is 1. The molecule has 0 bridgehead atoms. The number of hydrogen-bond acceptors (Lipinski definition) is 3. The molecule has 0 aromatic carbocycles. The molecule has 0 spiro atoms. The molecule has 0 aliphatic heterocycles. The van der Waals surface area contributed by atoms with Gasteiger partial charge in [0.1, 0.15) is 6.04 Å². The number of amides is 1. The van der Waals surface area contributed by atoms with Crippen molar-refractivity contribution in [2.24, 2.45) is 0 Å². The molecular weight excluding hydrogens is 228 g/mol. The first kappa shape index (κ1) is 14.1. The van der Waals surface area contributed by atoms with Crippen LogP contribution in [-0.2, 0) is 10.3 Å². The second-order valence-corrected chi connectivity index (χ2v) is 5.13. The summed E-state index contributed by atoms with van der Waals surface area (Å²) < 4.78 is 1.85. The summed E-state index contributed by atoms with van der Waals surface area (Å²) in [5, 5.41) is 9.96. The summed E-state index contributed by atoms with van der Waals surface area (Å²) in [5.41, 5.74) is 0.739. The molecule has 0 fully saturated rings. The van der Waals surface area contributed by atoms with Crippen LogP contribution < -0.4 is 10.6 Å². The minimum absolute atomic E-state index is 0.0745. The number of terminal acetylenes is 1. The van der Waals surface area contributed by atoms with Gasteiger partial charge in [-0.1, -0.05) is 5.92 Å². The summed E-state index contributed by atoms with van der Waals surface area (Å²) in [6.45, 7) is 8.21. The number of hydrogen-bond donors (Lipinski definition) is 2. The van der Waals surface area contributed by atoms with Crippen LogP contribution in [0.15, 0.2) is 12.4 Å². The van der Waals surface area contributed by atoms with Gasteiger partial charge < -0.3 is 10.6 Å². The van der Waals surface area contributed by atoms with Crippen LogP contribution in [0.2, 0.25) is 0 Å². The Morgan fingerprint density at radius 2 is 2.28 bits per heavy atom. The zero-order chi connectivity index (χ0) is 13.8. The quantitative estimate of drug-likeness (QED) is 0.787. The molecule has 2 N–H and O–H groups in total. The Labute approximate surface area is 108 Å². The lowest BCUT2D eigenvalue weighted by molar-refractivity contribution is -0.121. The third-order valence-corrected chi connectivity index (χ3v) is 2.41. The van der Waals surface area contributed by atoms with Crippen LogP contribution in [0.3, 0.4) is 0 Å². The van der Waals surface area contributed by atoms with Crippen molar-refractivity contribution in [3.8, 4) is 12.3 Å². The Hall–Kier alpha value is -1.96. The molecule has 0 saturated carbocycles. The standard InChI is InChI=1S/C13H20N4O/c1-6-7-14-12(18)10(2)16-11-8-15-17(9-11)13(3,4)5/h1,8-10,16H,7H2,2-5H3,(H,14,18). The summed E-state index contributed by atoms with van der Waals surface area (Å²) >= 11 is 0. The fourth-order valence-corrected chi connectivity index (χ4v) is 1.37. The van der Waals surface area contributed by atoms with E-state index in [1.54, 1.807) is 13.1 Å². The van der Waals surface area contributed by atoms with Crippen molar-refractivity contribution in [2.75, 3.05) is 11.9 Å². The molecule has 1 rings (SSSR count). The molecule has 0 saturated heterocycles. The van der Waals surface area contributed by atoms with Gasteiger partial charge in [-0.05, 0) is 27.7 Å². The van der Waals surface area contributed by atoms with E-state index in [0.717, 1.165) is 5.69 Å². The Morgan fingerprint density at radius 3 is 2.78 bits per heavy atom. The molecule has 5 nitrogen and oxygen atoms in total. The highest BCUT2D eigenvalue weighted by atomic mass is 16.2. The Balaban J connectivity index is 2.60. The minimum atomic E-state index is -0.351. The Kier molecular flexibility index (Phi) is 4.38. The molecule has 1 aromatic rings. The van der Waals surface area contributed by atoms with Crippen molar-refractivity contribution < 1.29 is 4.79 Å². The molecule has 5 heteroatoms. The predicted molar refractivity (Wildman–Crippen MR) is 72.2 cm³/mol. The molecule has 1 aromatic heterocycles. The summed E-state index contributed by atoms with van der Waals surface area (Å²) in [6, 6.07) is -0.351. The third-order valence-electron chi connectivity index (χ3n) is 2.41. The first-order chi connectivity index (χ1) is 8.34. The molecule has 1 atom stereocenters. The van der Waals surface area contributed by atoms with Crippen molar-refractivity contribution in [2.45, 2.75) is 39.3 Å². The SMILES string of the molecule is C#CCNC(=O)C(C)Nc1cnn(C(C)(C)C)c1. The van der Waals surface area contributed by atoms with Gasteiger partial charge in [-0.3, -0.25) is 9.48 Å². The molecule has 0 aliphatic rings. The predicted octanol–water partition coefficient (Wildman–Crippen LogP) is 1.19. The fourth-order valence-electron chi connectivity index (χ4n) is 1.37. The van der Waals surface area contributed by atoms with E-state index in [4.69, 9.17) is 6.42 Å². The van der Waals surface area contributed by atoms with Gasteiger partial charge >= 0.3 is 0 Å². The first-order valence-corrected chi connectivity index (χ1v) is 5.87. The Bertz CT molecular complexity index is 450. The Morgan fingerprint density at radius 1 is 1.61 bits per heavy atom. The highest BCUT2D eigenvalue weighted by molar-refractivity contribution is 5.84. The molecule has 1 unspecified atom stereocenters. The van der Waals surface area contributed by atoms with Gasteiger partial charge in [-0.15, -0.1) is 6.42 Å². The normalized spacial score (nSPS) is 12.6. The lowest BCUT2D eigenvalue weighted by Crippen LogP contribution is -2.37.